The van der Waals surface area contributed by atoms with E-state index in [4.69, 9.17) is 9.47 Å². The number of rotatable bonds is 2. The number of phenols is 1. The highest BCUT2D eigenvalue weighted by Crippen LogP contribution is 2.28. The predicted molar refractivity (Wildman–Crippen MR) is 134 cm³/mol. The monoisotopic (exact) mass is 477 g/mol. The van der Waals surface area contributed by atoms with E-state index in [1.54, 1.807) is 20.3 Å². The van der Waals surface area contributed by atoms with Gasteiger partial charge in [-0.15, -0.1) is 0 Å². The van der Waals surface area contributed by atoms with Crippen LogP contribution in [0.15, 0.2) is 29.8 Å². The van der Waals surface area contributed by atoms with E-state index in [0.29, 0.717) is 31.4 Å². The molecular formula is C27H43NO6. The van der Waals surface area contributed by atoms with Crippen LogP contribution in [-0.4, -0.2) is 59.9 Å². The van der Waals surface area contributed by atoms with Gasteiger partial charge in [0.1, 0.15) is 5.75 Å². The number of carbonyl (C=O) groups is 1. The van der Waals surface area contributed by atoms with Gasteiger partial charge in [-0.1, -0.05) is 32.4 Å². The van der Waals surface area contributed by atoms with Crippen LogP contribution in [0.4, 0.5) is 5.69 Å². The second-order valence-electron chi connectivity index (χ2n) is 10.0. The molecule has 1 aliphatic heterocycles. The largest absolute Gasteiger partial charge is 0.508 e. The molecule has 0 radical (unpaired) electrons. The number of aliphatic hydroxyl groups is 2. The molecule has 192 valence electrons. The summed E-state index contributed by atoms with van der Waals surface area (Å²) >= 11 is 0. The molecule has 7 nitrogen and oxygen atoms in total. The number of ether oxygens (including phenoxy) is 2. The van der Waals surface area contributed by atoms with Gasteiger partial charge in [0.15, 0.2) is 0 Å². The first-order valence-electron chi connectivity index (χ1n) is 12.3. The number of hydrogen-bond acceptors (Lipinski definition) is 6. The van der Waals surface area contributed by atoms with Crippen molar-refractivity contribution >= 4 is 11.6 Å². The van der Waals surface area contributed by atoms with Crippen molar-refractivity contribution in [3.63, 3.8) is 0 Å². The average molecular weight is 478 g/mol. The zero-order valence-electron chi connectivity index (χ0n) is 21.5. The summed E-state index contributed by atoms with van der Waals surface area (Å²) in [5, 5.41) is 34.4. The number of phenolic OH excluding ortho intramolecular Hbond substituents is 1. The quantitative estimate of drug-likeness (QED) is 0.479. The predicted octanol–water partition coefficient (Wildman–Crippen LogP) is 4.05. The van der Waals surface area contributed by atoms with Crippen molar-refractivity contribution < 1.29 is 29.6 Å². The summed E-state index contributed by atoms with van der Waals surface area (Å²) in [4.78, 5) is 12.5. The molecule has 0 aliphatic carbocycles. The van der Waals surface area contributed by atoms with Crippen molar-refractivity contribution in [1.29, 1.82) is 0 Å². The minimum Gasteiger partial charge on any atom is -0.508 e. The Kier molecular flexibility index (Phi) is 11.0. The number of fused-ring (bicyclic) bond motifs is 2. The summed E-state index contributed by atoms with van der Waals surface area (Å²) in [6, 6.07) is 5.02. The first-order chi connectivity index (χ1) is 16.0. The van der Waals surface area contributed by atoms with Gasteiger partial charge in [0, 0.05) is 37.8 Å². The van der Waals surface area contributed by atoms with Crippen LogP contribution in [0.5, 0.6) is 5.75 Å². The number of aliphatic hydroxyl groups excluding tert-OH is 2. The molecule has 1 aromatic carbocycles. The maximum absolute atomic E-state index is 12.5. The number of amides is 1. The van der Waals surface area contributed by atoms with Crippen LogP contribution in [0.25, 0.3) is 0 Å². The third-order valence-corrected chi connectivity index (χ3v) is 7.01. The molecular weight excluding hydrogens is 434 g/mol. The van der Waals surface area contributed by atoms with Gasteiger partial charge >= 0.3 is 0 Å². The molecule has 2 rings (SSSR count). The Bertz CT molecular complexity index is 825. The number of anilines is 1. The summed E-state index contributed by atoms with van der Waals surface area (Å²) in [6.07, 6.45) is 2.46. The summed E-state index contributed by atoms with van der Waals surface area (Å²) in [6.45, 7) is 8.19. The van der Waals surface area contributed by atoms with Gasteiger partial charge in [-0.05, 0) is 56.2 Å². The zero-order valence-corrected chi connectivity index (χ0v) is 21.5. The van der Waals surface area contributed by atoms with Gasteiger partial charge in [0.25, 0.3) is 0 Å². The molecule has 1 amide bonds. The highest BCUT2D eigenvalue weighted by molar-refractivity contribution is 5.91. The second kappa shape index (κ2) is 13.2. The fourth-order valence-corrected chi connectivity index (χ4v) is 4.87. The van der Waals surface area contributed by atoms with Crippen LogP contribution in [0, 0.1) is 17.8 Å². The van der Waals surface area contributed by atoms with Crippen LogP contribution in [-0.2, 0) is 20.7 Å². The lowest BCUT2D eigenvalue weighted by Crippen LogP contribution is -2.35. The third-order valence-electron chi connectivity index (χ3n) is 7.01. The van der Waals surface area contributed by atoms with Crippen molar-refractivity contribution in [2.45, 2.75) is 84.2 Å². The molecule has 0 saturated carbocycles. The van der Waals surface area contributed by atoms with E-state index in [0.717, 1.165) is 11.1 Å². The van der Waals surface area contributed by atoms with Gasteiger partial charge in [0.05, 0.1) is 30.8 Å². The van der Waals surface area contributed by atoms with E-state index in [2.05, 4.69) is 25.2 Å². The van der Waals surface area contributed by atoms with Crippen molar-refractivity contribution in [3.05, 3.63) is 35.4 Å². The molecule has 4 N–H and O–H groups in total. The van der Waals surface area contributed by atoms with Crippen LogP contribution in [0.3, 0.4) is 0 Å². The van der Waals surface area contributed by atoms with Gasteiger partial charge in [-0.3, -0.25) is 4.79 Å². The van der Waals surface area contributed by atoms with E-state index in [1.165, 1.54) is 6.07 Å². The van der Waals surface area contributed by atoms with Crippen LogP contribution in [0.1, 0.15) is 58.9 Å². The van der Waals surface area contributed by atoms with Crippen molar-refractivity contribution in [2.75, 3.05) is 19.5 Å². The number of hydrogen-bond donors (Lipinski definition) is 4. The molecule has 1 heterocycles. The highest BCUT2D eigenvalue weighted by Gasteiger charge is 2.27. The standard InChI is InChI=1S/C27H43NO6/c1-16-9-20-12-21(14-23(30)13-20)28-26(31)15-22(29)7-8-24(33-5)19(4)17(2)11-18(3)27(32)25(10-16)34-6/h11-14,16,18-19,22,24-25,27,29-30,32H,7-10,15H2,1-6H3,(H,28,31)/b17-11+/t16-,18+,19+,22?,24+,25+,27-/m1/s1. The summed E-state index contributed by atoms with van der Waals surface area (Å²) in [5.74, 6) is -0.0838. The molecule has 0 saturated heterocycles. The average Bonchev–Trinajstić information content (AvgIpc) is 2.75. The first-order valence-corrected chi connectivity index (χ1v) is 12.3. The Labute approximate surface area is 204 Å². The number of carbonyl (C=O) groups excluding carboxylic acids is 1. The fourth-order valence-electron chi connectivity index (χ4n) is 4.87. The number of methoxy groups -OCH3 is 2. The third kappa shape index (κ3) is 8.38. The topological polar surface area (TPSA) is 108 Å². The minimum absolute atomic E-state index is 0.0280. The molecule has 34 heavy (non-hydrogen) atoms. The lowest BCUT2D eigenvalue weighted by atomic mass is 9.86. The van der Waals surface area contributed by atoms with E-state index < -0.39 is 12.2 Å². The number of nitrogens with one attached hydrogen (secondary N) is 1. The molecule has 7 atom stereocenters. The lowest BCUT2D eigenvalue weighted by molar-refractivity contribution is -0.118. The molecule has 1 aliphatic rings. The maximum atomic E-state index is 12.5. The molecule has 0 fully saturated rings. The first kappa shape index (κ1) is 28.3. The van der Waals surface area contributed by atoms with Crippen molar-refractivity contribution in [1.82, 2.24) is 0 Å². The Morgan fingerprint density at radius 3 is 2.29 bits per heavy atom. The second-order valence-corrected chi connectivity index (χ2v) is 10.0. The molecule has 1 aromatic rings. The number of benzene rings is 1. The van der Waals surface area contributed by atoms with Crippen molar-refractivity contribution in [2.24, 2.45) is 17.8 Å². The van der Waals surface area contributed by atoms with E-state index in [1.807, 2.05) is 19.9 Å². The van der Waals surface area contributed by atoms with Gasteiger partial charge < -0.3 is 30.1 Å². The SMILES string of the molecule is CO[C@H]1C[C@H](C)Cc2cc(O)cc(c2)NC(=O)CC(O)CC[C@H](OC)[C@@H](C)/C(C)=C/[C@H](C)[C@H]1O. The molecule has 1 unspecified atom stereocenters. The van der Waals surface area contributed by atoms with Crippen LogP contribution in [0.2, 0.25) is 0 Å². The molecule has 0 aromatic heterocycles. The van der Waals surface area contributed by atoms with E-state index in [-0.39, 0.29) is 48.0 Å². The Morgan fingerprint density at radius 1 is 0.971 bits per heavy atom. The summed E-state index contributed by atoms with van der Waals surface area (Å²) in [7, 11) is 3.28. The van der Waals surface area contributed by atoms with Gasteiger partial charge in [-0.2, -0.15) is 0 Å². The zero-order chi connectivity index (χ0) is 25.4. The smallest absolute Gasteiger partial charge is 0.226 e. The minimum atomic E-state index is -0.795. The summed E-state index contributed by atoms with van der Waals surface area (Å²) < 4.78 is 11.4. The molecule has 0 spiro atoms. The van der Waals surface area contributed by atoms with Crippen LogP contribution >= 0.6 is 0 Å². The normalized spacial score (nSPS) is 34.2. The summed E-state index contributed by atoms with van der Waals surface area (Å²) in [5.41, 5.74) is 2.49. The van der Waals surface area contributed by atoms with Crippen LogP contribution < -0.4 is 5.32 Å². The molecule has 7 heteroatoms. The van der Waals surface area contributed by atoms with E-state index in [9.17, 15) is 20.1 Å². The van der Waals surface area contributed by atoms with Gasteiger partial charge in [-0.25, -0.2) is 0 Å². The Hall–Kier alpha value is -1.93. The Morgan fingerprint density at radius 2 is 1.65 bits per heavy atom. The lowest BCUT2D eigenvalue weighted by Gasteiger charge is -2.29. The fraction of sp³-hybridized carbons (Fsp3) is 0.667. The number of aromatic hydroxyl groups is 1. The highest BCUT2D eigenvalue weighted by atomic mass is 16.5. The molecule has 2 bridgehead atoms. The maximum Gasteiger partial charge on any atom is 0.226 e. The Balaban J connectivity index is 2.34. The van der Waals surface area contributed by atoms with Gasteiger partial charge in [0.2, 0.25) is 5.91 Å². The van der Waals surface area contributed by atoms with E-state index >= 15 is 0 Å². The van der Waals surface area contributed by atoms with Crippen molar-refractivity contribution in [3.8, 4) is 5.75 Å².